The number of terminal acetylenes is 1. The molecule has 0 N–H and O–H groups in total. The zero-order valence-electron chi connectivity index (χ0n) is 7.67. The maximum absolute atomic E-state index is 10.8. The lowest BCUT2D eigenvalue weighted by Gasteiger charge is -2.16. The van der Waals surface area contributed by atoms with Crippen molar-refractivity contribution in [3.8, 4) is 12.3 Å². The lowest BCUT2D eigenvalue weighted by molar-refractivity contribution is -0.141. The van der Waals surface area contributed by atoms with Crippen molar-refractivity contribution in [1.29, 1.82) is 0 Å². The Morgan fingerprint density at radius 2 is 2.33 bits per heavy atom. The molecule has 0 rings (SSSR count). The molecule has 0 aromatic heterocycles. The van der Waals surface area contributed by atoms with Crippen LogP contribution in [0.3, 0.4) is 0 Å². The van der Waals surface area contributed by atoms with Crippen molar-refractivity contribution in [3.05, 3.63) is 0 Å². The van der Waals surface area contributed by atoms with Crippen molar-refractivity contribution < 1.29 is 9.53 Å². The molecule has 0 aromatic carbocycles. The molecule has 0 fully saturated rings. The molecule has 68 valence electrons. The molecule has 12 heavy (non-hydrogen) atoms. The highest BCUT2D eigenvalue weighted by Crippen LogP contribution is 1.90. The van der Waals surface area contributed by atoms with Crippen LogP contribution in [0.15, 0.2) is 0 Å². The Kier molecular flexibility index (Phi) is 6.12. The van der Waals surface area contributed by atoms with Gasteiger partial charge in [0.05, 0.1) is 13.7 Å². The zero-order valence-corrected chi connectivity index (χ0v) is 7.67. The van der Waals surface area contributed by atoms with Crippen LogP contribution >= 0.6 is 0 Å². The van der Waals surface area contributed by atoms with E-state index in [1.807, 2.05) is 11.8 Å². The molecule has 0 amide bonds. The number of carbonyl (C=O) groups excluding carboxylic acids is 1. The third-order valence-electron chi connectivity index (χ3n) is 1.60. The highest BCUT2D eigenvalue weighted by molar-refractivity contribution is 5.71. The summed E-state index contributed by atoms with van der Waals surface area (Å²) in [5.41, 5.74) is 0. The maximum atomic E-state index is 10.8. The second-order valence-electron chi connectivity index (χ2n) is 2.40. The Morgan fingerprint density at radius 1 is 1.67 bits per heavy atom. The standard InChI is InChI=1S/C9H15NO2/c1-4-6-7-10(5-2)8-9(11)12-3/h1H,5-8H2,2-3H3. The summed E-state index contributed by atoms with van der Waals surface area (Å²) < 4.78 is 4.53. The summed E-state index contributed by atoms with van der Waals surface area (Å²) in [5.74, 6) is 2.32. The molecule has 0 aliphatic heterocycles. The molecule has 0 bridgehead atoms. The number of ether oxygens (including phenoxy) is 1. The van der Waals surface area contributed by atoms with E-state index in [0.717, 1.165) is 13.1 Å². The van der Waals surface area contributed by atoms with E-state index in [0.29, 0.717) is 13.0 Å². The lowest BCUT2D eigenvalue weighted by Crippen LogP contribution is -2.31. The van der Waals surface area contributed by atoms with Gasteiger partial charge in [-0.3, -0.25) is 9.69 Å². The summed E-state index contributed by atoms with van der Waals surface area (Å²) in [6.07, 6.45) is 5.77. The normalized spacial score (nSPS) is 9.50. The van der Waals surface area contributed by atoms with Gasteiger partial charge in [-0.2, -0.15) is 0 Å². The molecule has 0 unspecified atom stereocenters. The van der Waals surface area contributed by atoms with Gasteiger partial charge in [-0.25, -0.2) is 0 Å². The second-order valence-corrected chi connectivity index (χ2v) is 2.40. The average molecular weight is 169 g/mol. The fourth-order valence-electron chi connectivity index (χ4n) is 0.819. The molecule has 0 saturated carbocycles. The molecule has 0 aliphatic rings. The van der Waals surface area contributed by atoms with Crippen LogP contribution in [0.2, 0.25) is 0 Å². The summed E-state index contributed by atoms with van der Waals surface area (Å²) in [6.45, 7) is 3.88. The number of carbonyl (C=O) groups is 1. The largest absolute Gasteiger partial charge is 0.468 e. The Bertz CT molecular complexity index is 172. The van der Waals surface area contributed by atoms with Gasteiger partial charge in [0.1, 0.15) is 0 Å². The number of nitrogens with zero attached hydrogens (tertiary/aromatic N) is 1. The van der Waals surface area contributed by atoms with Gasteiger partial charge in [0.2, 0.25) is 0 Å². The topological polar surface area (TPSA) is 29.5 Å². The Balaban J connectivity index is 3.68. The second kappa shape index (κ2) is 6.68. The minimum Gasteiger partial charge on any atom is -0.468 e. The number of hydrogen-bond donors (Lipinski definition) is 0. The molecule has 0 atom stereocenters. The van der Waals surface area contributed by atoms with E-state index in [1.54, 1.807) is 0 Å². The molecular formula is C9H15NO2. The molecule has 3 heteroatoms. The first-order chi connectivity index (χ1) is 5.74. The summed E-state index contributed by atoms with van der Waals surface area (Å²) in [7, 11) is 1.39. The fraction of sp³-hybridized carbons (Fsp3) is 0.667. The molecule has 0 spiro atoms. The number of hydrogen-bond acceptors (Lipinski definition) is 3. The van der Waals surface area contributed by atoms with Gasteiger partial charge < -0.3 is 4.74 Å². The van der Waals surface area contributed by atoms with Crippen LogP contribution in [-0.4, -0.2) is 37.6 Å². The van der Waals surface area contributed by atoms with Gasteiger partial charge in [0.15, 0.2) is 0 Å². The predicted octanol–water partition coefficient (Wildman–Crippen LogP) is 0.505. The van der Waals surface area contributed by atoms with Crippen LogP contribution in [0.1, 0.15) is 13.3 Å². The maximum Gasteiger partial charge on any atom is 0.319 e. The molecule has 0 heterocycles. The van der Waals surface area contributed by atoms with E-state index in [2.05, 4.69) is 10.7 Å². The van der Waals surface area contributed by atoms with E-state index in [-0.39, 0.29) is 5.97 Å². The van der Waals surface area contributed by atoms with Gasteiger partial charge in [0, 0.05) is 13.0 Å². The van der Waals surface area contributed by atoms with Gasteiger partial charge in [0.25, 0.3) is 0 Å². The van der Waals surface area contributed by atoms with Crippen molar-refractivity contribution in [3.63, 3.8) is 0 Å². The van der Waals surface area contributed by atoms with Crippen LogP contribution in [-0.2, 0) is 9.53 Å². The van der Waals surface area contributed by atoms with E-state index < -0.39 is 0 Å². The van der Waals surface area contributed by atoms with Gasteiger partial charge in [-0.05, 0) is 6.54 Å². The van der Waals surface area contributed by atoms with Gasteiger partial charge in [-0.1, -0.05) is 6.92 Å². The monoisotopic (exact) mass is 169 g/mol. The van der Waals surface area contributed by atoms with E-state index in [9.17, 15) is 4.79 Å². The summed E-state index contributed by atoms with van der Waals surface area (Å²) in [6, 6.07) is 0. The van der Waals surface area contributed by atoms with Crippen molar-refractivity contribution in [1.82, 2.24) is 4.90 Å². The molecule has 0 saturated heterocycles. The lowest BCUT2D eigenvalue weighted by atomic mass is 10.4. The van der Waals surface area contributed by atoms with Crippen LogP contribution in [0, 0.1) is 12.3 Å². The quantitative estimate of drug-likeness (QED) is 0.443. The van der Waals surface area contributed by atoms with Crippen LogP contribution in [0.4, 0.5) is 0 Å². The van der Waals surface area contributed by atoms with Crippen LogP contribution in [0.5, 0.6) is 0 Å². The summed E-state index contributed by atoms with van der Waals surface area (Å²) in [4.78, 5) is 12.8. The SMILES string of the molecule is C#CCCN(CC)CC(=O)OC. The molecule has 0 aliphatic carbocycles. The number of esters is 1. The Hall–Kier alpha value is -1.01. The van der Waals surface area contributed by atoms with E-state index in [4.69, 9.17) is 6.42 Å². The minimum absolute atomic E-state index is 0.214. The summed E-state index contributed by atoms with van der Waals surface area (Å²) in [5, 5.41) is 0. The van der Waals surface area contributed by atoms with Crippen LogP contribution < -0.4 is 0 Å². The molecule has 0 aromatic rings. The summed E-state index contributed by atoms with van der Waals surface area (Å²) >= 11 is 0. The third-order valence-corrected chi connectivity index (χ3v) is 1.60. The number of rotatable bonds is 5. The predicted molar refractivity (Wildman–Crippen MR) is 47.6 cm³/mol. The Morgan fingerprint density at radius 3 is 2.75 bits per heavy atom. The van der Waals surface area contributed by atoms with E-state index >= 15 is 0 Å². The average Bonchev–Trinajstić information content (AvgIpc) is 2.11. The highest BCUT2D eigenvalue weighted by atomic mass is 16.5. The third kappa shape index (κ3) is 4.75. The van der Waals surface area contributed by atoms with Crippen LogP contribution in [0.25, 0.3) is 0 Å². The minimum atomic E-state index is -0.214. The van der Waals surface area contributed by atoms with Crippen molar-refractivity contribution >= 4 is 5.97 Å². The highest BCUT2D eigenvalue weighted by Gasteiger charge is 2.07. The molecule has 0 radical (unpaired) electrons. The molecular weight excluding hydrogens is 154 g/mol. The van der Waals surface area contributed by atoms with Gasteiger partial charge in [-0.15, -0.1) is 12.3 Å². The fourth-order valence-corrected chi connectivity index (χ4v) is 0.819. The Labute approximate surface area is 73.7 Å². The smallest absolute Gasteiger partial charge is 0.319 e. The number of methoxy groups -OCH3 is 1. The number of likely N-dealkylation sites (N-methyl/N-ethyl adjacent to an activating group) is 1. The first-order valence-corrected chi connectivity index (χ1v) is 3.97. The van der Waals surface area contributed by atoms with E-state index in [1.165, 1.54) is 7.11 Å². The molecule has 3 nitrogen and oxygen atoms in total. The van der Waals surface area contributed by atoms with Crippen molar-refractivity contribution in [2.45, 2.75) is 13.3 Å². The van der Waals surface area contributed by atoms with Gasteiger partial charge >= 0.3 is 5.97 Å². The first-order valence-electron chi connectivity index (χ1n) is 3.97. The van der Waals surface area contributed by atoms with Crippen molar-refractivity contribution in [2.75, 3.05) is 26.7 Å². The zero-order chi connectivity index (χ0) is 9.40. The van der Waals surface area contributed by atoms with Crippen molar-refractivity contribution in [2.24, 2.45) is 0 Å². The first kappa shape index (κ1) is 11.0.